The van der Waals surface area contributed by atoms with Gasteiger partial charge < -0.3 is 10.5 Å². The molecule has 1 fully saturated rings. The molecule has 1 heterocycles. The molecule has 1 atom stereocenters. The van der Waals surface area contributed by atoms with Crippen molar-refractivity contribution in [1.82, 2.24) is 0 Å². The number of nitrogens with two attached hydrogens (primary N) is 1. The highest BCUT2D eigenvalue weighted by Gasteiger charge is 2.49. The van der Waals surface area contributed by atoms with E-state index >= 15 is 0 Å². The summed E-state index contributed by atoms with van der Waals surface area (Å²) in [5.74, 6) is -2.77. The predicted molar refractivity (Wildman–Crippen MR) is 33.0 cm³/mol. The highest BCUT2D eigenvalue weighted by Crippen LogP contribution is 2.33. The first-order chi connectivity index (χ1) is 4.46. The Labute approximate surface area is 58.3 Å². The molecule has 0 saturated carbocycles. The van der Waals surface area contributed by atoms with Crippen LogP contribution in [0.5, 0.6) is 0 Å². The van der Waals surface area contributed by atoms with Crippen LogP contribution in [0, 0.1) is 0 Å². The van der Waals surface area contributed by atoms with Gasteiger partial charge in [0.1, 0.15) is 5.54 Å². The molecule has 1 aliphatic heterocycles. The largest absolute Gasteiger partial charge is 0.379 e. The van der Waals surface area contributed by atoms with Crippen LogP contribution in [0.2, 0.25) is 0 Å². The molecular weight excluding hydrogens is 140 g/mol. The van der Waals surface area contributed by atoms with Gasteiger partial charge >= 0.3 is 0 Å². The van der Waals surface area contributed by atoms with Gasteiger partial charge in [0.15, 0.2) is 0 Å². The lowest BCUT2D eigenvalue weighted by molar-refractivity contribution is -0.148. The van der Waals surface area contributed by atoms with Crippen molar-refractivity contribution in [2.24, 2.45) is 5.73 Å². The van der Waals surface area contributed by atoms with Crippen LogP contribution in [0.1, 0.15) is 13.3 Å². The first-order valence-corrected chi connectivity index (χ1v) is 3.20. The smallest absolute Gasteiger partial charge is 0.269 e. The molecule has 4 heteroatoms. The standard InChI is InChI=1S/C6H11F2NO/c1-5(9)4-10-3-2-6(5,7)8/h2-4,9H2,1H3. The molecule has 0 spiro atoms. The summed E-state index contributed by atoms with van der Waals surface area (Å²) in [6.07, 6.45) is -0.264. The van der Waals surface area contributed by atoms with Gasteiger partial charge in [-0.05, 0) is 6.92 Å². The second kappa shape index (κ2) is 2.13. The van der Waals surface area contributed by atoms with Crippen LogP contribution in [-0.4, -0.2) is 24.7 Å². The second-order valence-corrected chi connectivity index (χ2v) is 2.92. The van der Waals surface area contributed by atoms with Crippen molar-refractivity contribution < 1.29 is 13.5 Å². The molecule has 0 aliphatic carbocycles. The van der Waals surface area contributed by atoms with Crippen molar-refractivity contribution in [1.29, 1.82) is 0 Å². The fourth-order valence-electron chi connectivity index (χ4n) is 0.876. The van der Waals surface area contributed by atoms with Gasteiger partial charge in [-0.15, -0.1) is 0 Å². The van der Waals surface area contributed by atoms with Crippen molar-refractivity contribution in [2.45, 2.75) is 24.8 Å². The SMILES string of the molecule is CC1(N)COCCC1(F)F. The Bertz CT molecular complexity index is 120. The molecule has 0 amide bonds. The van der Waals surface area contributed by atoms with Gasteiger partial charge in [0.2, 0.25) is 0 Å². The van der Waals surface area contributed by atoms with Crippen LogP contribution in [0.4, 0.5) is 8.78 Å². The van der Waals surface area contributed by atoms with Gasteiger partial charge in [-0.3, -0.25) is 0 Å². The first-order valence-electron chi connectivity index (χ1n) is 3.20. The molecule has 1 unspecified atom stereocenters. The maximum atomic E-state index is 12.8. The van der Waals surface area contributed by atoms with E-state index < -0.39 is 11.5 Å². The maximum absolute atomic E-state index is 12.8. The molecule has 0 aromatic heterocycles. The topological polar surface area (TPSA) is 35.2 Å². The Hall–Kier alpha value is -0.220. The van der Waals surface area contributed by atoms with Crippen LogP contribution in [0.15, 0.2) is 0 Å². The maximum Gasteiger partial charge on any atom is 0.269 e. The zero-order valence-corrected chi connectivity index (χ0v) is 5.86. The number of ether oxygens (including phenoxy) is 1. The molecule has 1 saturated heterocycles. The summed E-state index contributed by atoms with van der Waals surface area (Å²) in [4.78, 5) is 0. The van der Waals surface area contributed by atoms with E-state index in [2.05, 4.69) is 0 Å². The van der Waals surface area contributed by atoms with Crippen LogP contribution >= 0.6 is 0 Å². The van der Waals surface area contributed by atoms with Crippen LogP contribution in [0.3, 0.4) is 0 Å². The first kappa shape index (κ1) is 7.88. The van der Waals surface area contributed by atoms with E-state index in [0.29, 0.717) is 0 Å². The molecule has 1 rings (SSSR count). The predicted octanol–water partition coefficient (Wildman–Crippen LogP) is 0.759. The van der Waals surface area contributed by atoms with Gasteiger partial charge in [0.05, 0.1) is 13.2 Å². The summed E-state index contributed by atoms with van der Waals surface area (Å²) >= 11 is 0. The summed E-state index contributed by atoms with van der Waals surface area (Å²) < 4.78 is 30.4. The highest BCUT2D eigenvalue weighted by atomic mass is 19.3. The molecule has 0 aromatic rings. The van der Waals surface area contributed by atoms with Crippen molar-refractivity contribution in [2.75, 3.05) is 13.2 Å². The van der Waals surface area contributed by atoms with Gasteiger partial charge in [-0.25, -0.2) is 8.78 Å². The number of alkyl halides is 2. The zero-order chi connectivity index (χ0) is 7.83. The van der Waals surface area contributed by atoms with Crippen LogP contribution in [-0.2, 0) is 4.74 Å². The summed E-state index contributed by atoms with van der Waals surface area (Å²) in [6.45, 7) is 1.37. The minimum atomic E-state index is -2.77. The van der Waals surface area contributed by atoms with Gasteiger partial charge in [0, 0.05) is 6.42 Å². The van der Waals surface area contributed by atoms with E-state index in [1.807, 2.05) is 0 Å². The molecule has 2 nitrogen and oxygen atoms in total. The van der Waals surface area contributed by atoms with E-state index in [0.717, 1.165) is 0 Å². The average Bonchev–Trinajstić information content (AvgIpc) is 1.77. The number of hydrogen-bond acceptors (Lipinski definition) is 2. The minimum absolute atomic E-state index is 0.0556. The monoisotopic (exact) mass is 151 g/mol. The number of hydrogen-bond donors (Lipinski definition) is 1. The summed E-state index contributed by atoms with van der Waals surface area (Å²) in [5, 5.41) is 0. The molecule has 0 radical (unpaired) electrons. The fourth-order valence-corrected chi connectivity index (χ4v) is 0.876. The third-order valence-corrected chi connectivity index (χ3v) is 1.80. The molecule has 0 bridgehead atoms. The zero-order valence-electron chi connectivity index (χ0n) is 5.86. The molecular formula is C6H11F2NO. The summed E-state index contributed by atoms with van der Waals surface area (Å²) in [5.41, 5.74) is 3.80. The average molecular weight is 151 g/mol. The lowest BCUT2D eigenvalue weighted by Gasteiger charge is -2.37. The van der Waals surface area contributed by atoms with Gasteiger partial charge in [-0.2, -0.15) is 0 Å². The lowest BCUT2D eigenvalue weighted by atomic mass is 9.92. The van der Waals surface area contributed by atoms with Crippen molar-refractivity contribution >= 4 is 0 Å². The molecule has 0 aromatic carbocycles. The van der Waals surface area contributed by atoms with Crippen molar-refractivity contribution in [3.63, 3.8) is 0 Å². The Kier molecular flexibility index (Phi) is 1.68. The Balaban J connectivity index is 2.70. The number of halogens is 2. The van der Waals surface area contributed by atoms with Crippen LogP contribution in [0.25, 0.3) is 0 Å². The molecule has 1 aliphatic rings. The Morgan fingerprint density at radius 1 is 1.50 bits per heavy atom. The van der Waals surface area contributed by atoms with Gasteiger partial charge in [0.25, 0.3) is 5.92 Å². The normalized spacial score (nSPS) is 39.6. The van der Waals surface area contributed by atoms with E-state index in [9.17, 15) is 8.78 Å². The Morgan fingerprint density at radius 3 is 2.40 bits per heavy atom. The summed E-state index contributed by atoms with van der Waals surface area (Å²) in [7, 11) is 0. The van der Waals surface area contributed by atoms with E-state index in [4.69, 9.17) is 10.5 Å². The van der Waals surface area contributed by atoms with E-state index in [1.165, 1.54) is 6.92 Å². The summed E-state index contributed by atoms with van der Waals surface area (Å²) in [6, 6.07) is 0. The van der Waals surface area contributed by atoms with Gasteiger partial charge in [-0.1, -0.05) is 0 Å². The minimum Gasteiger partial charge on any atom is -0.379 e. The molecule has 2 N–H and O–H groups in total. The van der Waals surface area contributed by atoms with E-state index in [1.54, 1.807) is 0 Å². The van der Waals surface area contributed by atoms with Crippen LogP contribution < -0.4 is 5.73 Å². The third-order valence-electron chi connectivity index (χ3n) is 1.80. The van der Waals surface area contributed by atoms with Crippen molar-refractivity contribution in [3.8, 4) is 0 Å². The van der Waals surface area contributed by atoms with Crippen molar-refractivity contribution in [3.05, 3.63) is 0 Å². The Morgan fingerprint density at radius 2 is 2.10 bits per heavy atom. The third kappa shape index (κ3) is 1.13. The second-order valence-electron chi connectivity index (χ2n) is 2.92. The highest BCUT2D eigenvalue weighted by molar-refractivity contribution is 4.95. The number of rotatable bonds is 0. The molecule has 10 heavy (non-hydrogen) atoms. The quantitative estimate of drug-likeness (QED) is 0.554. The molecule has 60 valence electrons. The van der Waals surface area contributed by atoms with E-state index in [-0.39, 0.29) is 19.6 Å². The lowest BCUT2D eigenvalue weighted by Crippen LogP contribution is -2.59. The fraction of sp³-hybridized carbons (Fsp3) is 1.00.